The van der Waals surface area contributed by atoms with E-state index in [2.05, 4.69) is 39.4 Å². The number of benzene rings is 2. The number of nitrogens with one attached hydrogen (secondary N) is 1. The molecule has 0 saturated carbocycles. The fourth-order valence-electron chi connectivity index (χ4n) is 3.30. The van der Waals surface area contributed by atoms with Crippen LogP contribution in [0.3, 0.4) is 0 Å². The van der Waals surface area contributed by atoms with Gasteiger partial charge in [0.2, 0.25) is 0 Å². The predicted molar refractivity (Wildman–Crippen MR) is 105 cm³/mol. The SMILES string of the molecule is COc1cccc(C(N)=O)c1NCCN1CCN(c2ccccc2)CC1. The highest BCUT2D eigenvalue weighted by Crippen LogP contribution is 2.27. The molecule has 3 N–H and O–H groups in total. The summed E-state index contributed by atoms with van der Waals surface area (Å²) in [5, 5.41) is 3.32. The van der Waals surface area contributed by atoms with Crippen molar-refractivity contribution in [3.8, 4) is 5.75 Å². The van der Waals surface area contributed by atoms with Crippen molar-refractivity contribution in [1.82, 2.24) is 4.90 Å². The second kappa shape index (κ2) is 8.58. The molecule has 1 amide bonds. The lowest BCUT2D eigenvalue weighted by Crippen LogP contribution is -2.47. The largest absolute Gasteiger partial charge is 0.495 e. The number of nitrogens with zero attached hydrogens (tertiary/aromatic N) is 2. The Hall–Kier alpha value is -2.73. The van der Waals surface area contributed by atoms with Gasteiger partial charge in [-0.25, -0.2) is 0 Å². The third kappa shape index (κ3) is 4.26. The first-order valence-electron chi connectivity index (χ1n) is 8.92. The van der Waals surface area contributed by atoms with Gasteiger partial charge in [0, 0.05) is 45.0 Å². The van der Waals surface area contributed by atoms with E-state index in [1.807, 2.05) is 12.1 Å². The summed E-state index contributed by atoms with van der Waals surface area (Å²) in [4.78, 5) is 16.5. The van der Waals surface area contributed by atoms with Crippen LogP contribution in [-0.2, 0) is 0 Å². The predicted octanol–water partition coefficient (Wildman–Crippen LogP) is 2.03. The van der Waals surface area contributed by atoms with Crippen LogP contribution in [0, 0.1) is 0 Å². The zero-order valence-electron chi connectivity index (χ0n) is 15.1. The maximum Gasteiger partial charge on any atom is 0.250 e. The first kappa shape index (κ1) is 18.1. The van der Waals surface area contributed by atoms with Crippen LogP contribution in [0.2, 0.25) is 0 Å². The van der Waals surface area contributed by atoms with Crippen LogP contribution in [0.25, 0.3) is 0 Å². The standard InChI is InChI=1S/C20H26N4O2/c1-26-18-9-5-8-17(20(21)25)19(18)22-10-11-23-12-14-24(15-13-23)16-6-3-2-4-7-16/h2-9,22H,10-15H2,1H3,(H2,21,25). The lowest BCUT2D eigenvalue weighted by Gasteiger charge is -2.36. The molecular formula is C20H26N4O2. The number of ether oxygens (including phenoxy) is 1. The molecule has 2 aromatic rings. The molecular weight excluding hydrogens is 328 g/mol. The minimum absolute atomic E-state index is 0.456. The highest BCUT2D eigenvalue weighted by atomic mass is 16.5. The normalized spacial score (nSPS) is 14.9. The molecule has 6 heteroatoms. The van der Waals surface area contributed by atoms with Crippen molar-refractivity contribution in [3.63, 3.8) is 0 Å². The number of primary amides is 1. The van der Waals surface area contributed by atoms with E-state index in [0.29, 0.717) is 17.0 Å². The Morgan fingerprint density at radius 1 is 1.08 bits per heavy atom. The number of methoxy groups -OCH3 is 1. The smallest absolute Gasteiger partial charge is 0.250 e. The first-order chi connectivity index (χ1) is 12.7. The third-order valence-electron chi connectivity index (χ3n) is 4.74. The Kier molecular flexibility index (Phi) is 5.96. The Morgan fingerprint density at radius 3 is 2.46 bits per heavy atom. The molecule has 3 rings (SSSR count). The molecule has 1 aliphatic heterocycles. The van der Waals surface area contributed by atoms with Crippen LogP contribution in [0.5, 0.6) is 5.75 Å². The quantitative estimate of drug-likeness (QED) is 0.796. The number of rotatable bonds is 7. The molecule has 6 nitrogen and oxygen atoms in total. The Bertz CT molecular complexity index is 728. The summed E-state index contributed by atoms with van der Waals surface area (Å²) in [6, 6.07) is 15.8. The molecule has 0 spiro atoms. The van der Waals surface area contributed by atoms with Crippen molar-refractivity contribution in [2.45, 2.75) is 0 Å². The summed E-state index contributed by atoms with van der Waals surface area (Å²) in [7, 11) is 1.59. The number of anilines is 2. The summed E-state index contributed by atoms with van der Waals surface area (Å²) in [6.07, 6.45) is 0. The fourth-order valence-corrected chi connectivity index (χ4v) is 3.30. The first-order valence-corrected chi connectivity index (χ1v) is 8.92. The lowest BCUT2D eigenvalue weighted by molar-refractivity contribution is 0.100. The van der Waals surface area contributed by atoms with E-state index in [9.17, 15) is 4.79 Å². The average molecular weight is 354 g/mol. The van der Waals surface area contributed by atoms with Crippen molar-refractivity contribution in [2.75, 3.05) is 56.6 Å². The third-order valence-corrected chi connectivity index (χ3v) is 4.74. The van der Waals surface area contributed by atoms with Crippen molar-refractivity contribution in [2.24, 2.45) is 5.73 Å². The minimum atomic E-state index is -0.456. The van der Waals surface area contributed by atoms with Gasteiger partial charge in [-0.15, -0.1) is 0 Å². The maximum atomic E-state index is 11.6. The van der Waals surface area contributed by atoms with Gasteiger partial charge in [-0.1, -0.05) is 24.3 Å². The number of para-hydroxylation sites is 2. The molecule has 0 atom stereocenters. The molecule has 1 aliphatic rings. The van der Waals surface area contributed by atoms with E-state index in [0.717, 1.165) is 39.3 Å². The van der Waals surface area contributed by atoms with Crippen LogP contribution in [0.4, 0.5) is 11.4 Å². The van der Waals surface area contributed by atoms with Crippen LogP contribution >= 0.6 is 0 Å². The molecule has 0 bridgehead atoms. The summed E-state index contributed by atoms with van der Waals surface area (Å²) in [5.74, 6) is 0.179. The van der Waals surface area contributed by atoms with Gasteiger partial charge in [-0.2, -0.15) is 0 Å². The number of carbonyl (C=O) groups is 1. The van der Waals surface area contributed by atoms with Gasteiger partial charge in [-0.3, -0.25) is 9.69 Å². The minimum Gasteiger partial charge on any atom is -0.495 e. The lowest BCUT2D eigenvalue weighted by atomic mass is 10.1. The van der Waals surface area contributed by atoms with Crippen LogP contribution in [-0.4, -0.2) is 57.2 Å². The van der Waals surface area contributed by atoms with Gasteiger partial charge in [0.15, 0.2) is 0 Å². The topological polar surface area (TPSA) is 70.8 Å². The highest BCUT2D eigenvalue weighted by molar-refractivity contribution is 5.99. The maximum absolute atomic E-state index is 11.6. The Morgan fingerprint density at radius 2 is 1.81 bits per heavy atom. The average Bonchev–Trinajstić information content (AvgIpc) is 2.69. The van der Waals surface area contributed by atoms with E-state index in [1.165, 1.54) is 5.69 Å². The van der Waals surface area contributed by atoms with Gasteiger partial charge in [0.25, 0.3) is 5.91 Å². The zero-order valence-corrected chi connectivity index (χ0v) is 15.1. The summed E-state index contributed by atoms with van der Waals surface area (Å²) in [6.45, 7) is 5.71. The monoisotopic (exact) mass is 354 g/mol. The second-order valence-corrected chi connectivity index (χ2v) is 6.34. The van der Waals surface area contributed by atoms with Gasteiger partial charge in [0.1, 0.15) is 5.75 Å². The Labute approximate surface area is 154 Å². The van der Waals surface area contributed by atoms with E-state index < -0.39 is 5.91 Å². The van der Waals surface area contributed by atoms with Crippen molar-refractivity contribution in [3.05, 3.63) is 54.1 Å². The highest BCUT2D eigenvalue weighted by Gasteiger charge is 2.17. The molecule has 0 aliphatic carbocycles. The van der Waals surface area contributed by atoms with E-state index in [4.69, 9.17) is 10.5 Å². The molecule has 1 saturated heterocycles. The number of nitrogens with two attached hydrogens (primary N) is 1. The summed E-state index contributed by atoms with van der Waals surface area (Å²) < 4.78 is 5.35. The second-order valence-electron chi connectivity index (χ2n) is 6.34. The number of amides is 1. The molecule has 1 heterocycles. The molecule has 1 fully saturated rings. The number of hydrogen-bond acceptors (Lipinski definition) is 5. The van der Waals surface area contributed by atoms with Gasteiger partial charge >= 0.3 is 0 Å². The van der Waals surface area contributed by atoms with E-state index >= 15 is 0 Å². The van der Waals surface area contributed by atoms with Crippen molar-refractivity contribution >= 4 is 17.3 Å². The number of hydrogen-bond donors (Lipinski definition) is 2. The van der Waals surface area contributed by atoms with Crippen LogP contribution < -0.4 is 20.7 Å². The summed E-state index contributed by atoms with van der Waals surface area (Å²) in [5.41, 5.74) is 7.88. The van der Waals surface area contributed by atoms with Crippen LogP contribution in [0.15, 0.2) is 48.5 Å². The molecule has 26 heavy (non-hydrogen) atoms. The molecule has 2 aromatic carbocycles. The van der Waals surface area contributed by atoms with Gasteiger partial charge in [0.05, 0.1) is 18.4 Å². The van der Waals surface area contributed by atoms with E-state index in [-0.39, 0.29) is 0 Å². The Balaban J connectivity index is 1.51. The summed E-state index contributed by atoms with van der Waals surface area (Å²) >= 11 is 0. The molecule has 0 radical (unpaired) electrons. The number of piperazine rings is 1. The molecule has 0 unspecified atom stereocenters. The van der Waals surface area contributed by atoms with E-state index in [1.54, 1.807) is 19.2 Å². The fraction of sp³-hybridized carbons (Fsp3) is 0.350. The van der Waals surface area contributed by atoms with Gasteiger partial charge < -0.3 is 20.7 Å². The van der Waals surface area contributed by atoms with Crippen molar-refractivity contribution < 1.29 is 9.53 Å². The number of carbonyl (C=O) groups excluding carboxylic acids is 1. The molecule has 138 valence electrons. The zero-order chi connectivity index (χ0) is 18.4. The van der Waals surface area contributed by atoms with Crippen molar-refractivity contribution in [1.29, 1.82) is 0 Å². The van der Waals surface area contributed by atoms with Gasteiger partial charge in [-0.05, 0) is 24.3 Å². The van der Waals surface area contributed by atoms with Crippen LogP contribution in [0.1, 0.15) is 10.4 Å². The molecule has 0 aromatic heterocycles.